The molecule has 0 spiro atoms. The molecule has 3 rings (SSSR count). The minimum atomic E-state index is -0.400. The highest BCUT2D eigenvalue weighted by Crippen LogP contribution is 2.29. The van der Waals surface area contributed by atoms with Crippen LogP contribution in [0.15, 0.2) is 48.5 Å². The minimum absolute atomic E-state index is 0.0836. The van der Waals surface area contributed by atoms with Crippen molar-refractivity contribution >= 4 is 28.9 Å². The van der Waals surface area contributed by atoms with E-state index in [-0.39, 0.29) is 23.4 Å². The van der Waals surface area contributed by atoms with Gasteiger partial charge in [-0.3, -0.25) is 14.9 Å². The molecule has 1 aliphatic heterocycles. The number of halogens is 1. The van der Waals surface area contributed by atoms with Crippen molar-refractivity contribution in [2.75, 3.05) is 31.1 Å². The molecule has 1 aliphatic rings. The van der Waals surface area contributed by atoms with Crippen molar-refractivity contribution in [3.63, 3.8) is 0 Å². The van der Waals surface area contributed by atoms with Gasteiger partial charge < -0.3 is 9.80 Å². The van der Waals surface area contributed by atoms with Crippen molar-refractivity contribution in [3.05, 3.63) is 69.2 Å². The van der Waals surface area contributed by atoms with Crippen LogP contribution in [0.25, 0.3) is 0 Å². The zero-order valence-electron chi connectivity index (χ0n) is 16.0. The SMILES string of the molecule is CC(C)[C@H](C(=O)N1CCN(c2ccc([N+](=O)[O-])cc2)CC1)c1ccc(Cl)cc1. The monoisotopic (exact) mass is 401 g/mol. The molecule has 1 amide bonds. The molecule has 0 bridgehead atoms. The maximum Gasteiger partial charge on any atom is 0.269 e. The molecular weight excluding hydrogens is 378 g/mol. The summed E-state index contributed by atoms with van der Waals surface area (Å²) in [7, 11) is 0. The van der Waals surface area contributed by atoms with Crippen LogP contribution in [0.4, 0.5) is 11.4 Å². The molecule has 0 saturated carbocycles. The molecular formula is C21H24ClN3O3. The van der Waals surface area contributed by atoms with Gasteiger partial charge in [0.15, 0.2) is 0 Å². The number of non-ortho nitro benzene ring substituents is 1. The summed E-state index contributed by atoms with van der Waals surface area (Å²) in [6.45, 7) is 6.79. The van der Waals surface area contributed by atoms with Crippen molar-refractivity contribution < 1.29 is 9.72 Å². The number of amides is 1. The number of piperazine rings is 1. The van der Waals surface area contributed by atoms with E-state index in [9.17, 15) is 14.9 Å². The second-order valence-corrected chi connectivity index (χ2v) is 7.80. The topological polar surface area (TPSA) is 66.7 Å². The Labute approximate surface area is 169 Å². The lowest BCUT2D eigenvalue weighted by atomic mass is 9.87. The Morgan fingerprint density at radius 2 is 1.57 bits per heavy atom. The molecule has 7 heteroatoms. The summed E-state index contributed by atoms with van der Waals surface area (Å²) in [6, 6.07) is 14.1. The van der Waals surface area contributed by atoms with E-state index in [2.05, 4.69) is 18.7 Å². The first-order chi connectivity index (χ1) is 13.4. The largest absolute Gasteiger partial charge is 0.368 e. The van der Waals surface area contributed by atoms with Crippen LogP contribution in [0.1, 0.15) is 25.3 Å². The highest BCUT2D eigenvalue weighted by Gasteiger charge is 2.30. The maximum atomic E-state index is 13.2. The van der Waals surface area contributed by atoms with E-state index in [0.29, 0.717) is 31.2 Å². The molecule has 6 nitrogen and oxygen atoms in total. The van der Waals surface area contributed by atoms with Crippen LogP contribution in [0, 0.1) is 16.0 Å². The number of nitrogens with zero attached hydrogens (tertiary/aromatic N) is 3. The fourth-order valence-corrected chi connectivity index (χ4v) is 3.78. The van der Waals surface area contributed by atoms with Gasteiger partial charge in [-0.25, -0.2) is 0 Å². The van der Waals surface area contributed by atoms with E-state index in [4.69, 9.17) is 11.6 Å². The summed E-state index contributed by atoms with van der Waals surface area (Å²) in [5.41, 5.74) is 2.01. The molecule has 2 aromatic rings. The van der Waals surface area contributed by atoms with Gasteiger partial charge >= 0.3 is 0 Å². The fraction of sp³-hybridized carbons (Fsp3) is 0.381. The number of rotatable bonds is 5. The zero-order chi connectivity index (χ0) is 20.3. The predicted octanol–water partition coefficient (Wildman–Crippen LogP) is 4.34. The fourth-order valence-electron chi connectivity index (χ4n) is 3.65. The van der Waals surface area contributed by atoms with Crippen molar-refractivity contribution in [1.29, 1.82) is 0 Å². The van der Waals surface area contributed by atoms with E-state index in [0.717, 1.165) is 11.3 Å². The normalized spacial score (nSPS) is 15.6. The molecule has 28 heavy (non-hydrogen) atoms. The van der Waals surface area contributed by atoms with Crippen molar-refractivity contribution in [2.45, 2.75) is 19.8 Å². The molecule has 0 aromatic heterocycles. The lowest BCUT2D eigenvalue weighted by Crippen LogP contribution is -2.50. The number of benzene rings is 2. The van der Waals surface area contributed by atoms with Crippen LogP contribution < -0.4 is 4.90 Å². The Morgan fingerprint density at radius 1 is 1.00 bits per heavy atom. The zero-order valence-corrected chi connectivity index (χ0v) is 16.8. The van der Waals surface area contributed by atoms with Gasteiger partial charge in [0.1, 0.15) is 0 Å². The quantitative estimate of drug-likeness (QED) is 0.552. The number of carbonyl (C=O) groups is 1. The second-order valence-electron chi connectivity index (χ2n) is 7.36. The van der Waals surface area contributed by atoms with Gasteiger partial charge in [-0.2, -0.15) is 0 Å². The van der Waals surface area contributed by atoms with E-state index in [1.165, 1.54) is 12.1 Å². The lowest BCUT2D eigenvalue weighted by molar-refractivity contribution is -0.384. The Kier molecular flexibility index (Phi) is 6.19. The summed E-state index contributed by atoms with van der Waals surface area (Å²) in [5.74, 6) is 0.130. The summed E-state index contributed by atoms with van der Waals surface area (Å²) < 4.78 is 0. The highest BCUT2D eigenvalue weighted by atomic mass is 35.5. The highest BCUT2D eigenvalue weighted by molar-refractivity contribution is 6.30. The lowest BCUT2D eigenvalue weighted by Gasteiger charge is -2.38. The van der Waals surface area contributed by atoms with Crippen LogP contribution >= 0.6 is 11.6 Å². The van der Waals surface area contributed by atoms with Crippen LogP contribution in [-0.2, 0) is 4.79 Å². The predicted molar refractivity (Wildman–Crippen MR) is 111 cm³/mol. The molecule has 1 atom stereocenters. The van der Waals surface area contributed by atoms with E-state index in [1.807, 2.05) is 29.2 Å². The molecule has 1 saturated heterocycles. The third-order valence-corrected chi connectivity index (χ3v) is 5.43. The molecule has 1 fully saturated rings. The molecule has 148 valence electrons. The van der Waals surface area contributed by atoms with E-state index < -0.39 is 4.92 Å². The Bertz CT molecular complexity index is 829. The summed E-state index contributed by atoms with van der Waals surface area (Å²) in [5, 5.41) is 11.5. The first-order valence-corrected chi connectivity index (χ1v) is 9.78. The summed E-state index contributed by atoms with van der Waals surface area (Å²) >= 11 is 5.99. The van der Waals surface area contributed by atoms with Gasteiger partial charge in [-0.1, -0.05) is 37.6 Å². The number of anilines is 1. The Morgan fingerprint density at radius 3 is 2.07 bits per heavy atom. The molecule has 0 radical (unpaired) electrons. The molecule has 0 N–H and O–H groups in total. The van der Waals surface area contributed by atoms with Crippen molar-refractivity contribution in [3.8, 4) is 0 Å². The minimum Gasteiger partial charge on any atom is -0.368 e. The van der Waals surface area contributed by atoms with Crippen LogP contribution in [0.2, 0.25) is 5.02 Å². The van der Waals surface area contributed by atoms with Crippen molar-refractivity contribution in [1.82, 2.24) is 4.90 Å². The standard InChI is InChI=1S/C21H24ClN3O3/c1-15(2)20(16-3-5-17(22)6-4-16)21(26)24-13-11-23(12-14-24)18-7-9-19(10-8-18)25(27)28/h3-10,15,20H,11-14H2,1-2H3/t20-/m0/s1. The third kappa shape index (κ3) is 4.44. The van der Waals surface area contributed by atoms with Crippen molar-refractivity contribution in [2.24, 2.45) is 5.92 Å². The second kappa shape index (κ2) is 8.61. The van der Waals surface area contributed by atoms with Gasteiger partial charge in [0, 0.05) is 49.0 Å². The van der Waals surface area contributed by atoms with Gasteiger partial charge in [-0.15, -0.1) is 0 Å². The molecule has 0 unspecified atom stereocenters. The summed E-state index contributed by atoms with van der Waals surface area (Å²) in [4.78, 5) is 27.7. The van der Waals surface area contributed by atoms with Gasteiger partial charge in [0.2, 0.25) is 5.91 Å². The number of nitro groups is 1. The molecule has 1 heterocycles. The number of carbonyl (C=O) groups excluding carboxylic acids is 1. The average Bonchev–Trinajstić information content (AvgIpc) is 2.69. The number of nitro benzene ring substituents is 1. The van der Waals surface area contributed by atoms with Crippen LogP contribution in [0.3, 0.4) is 0 Å². The van der Waals surface area contributed by atoms with Crippen LogP contribution in [-0.4, -0.2) is 41.9 Å². The maximum absolute atomic E-state index is 13.2. The first-order valence-electron chi connectivity index (χ1n) is 9.40. The van der Waals surface area contributed by atoms with Gasteiger partial charge in [0.05, 0.1) is 10.8 Å². The molecule has 2 aromatic carbocycles. The third-order valence-electron chi connectivity index (χ3n) is 5.18. The Balaban J connectivity index is 1.66. The van der Waals surface area contributed by atoms with E-state index in [1.54, 1.807) is 12.1 Å². The summed E-state index contributed by atoms with van der Waals surface area (Å²) in [6.07, 6.45) is 0. The number of hydrogen-bond acceptors (Lipinski definition) is 4. The number of hydrogen-bond donors (Lipinski definition) is 0. The average molecular weight is 402 g/mol. The molecule has 0 aliphatic carbocycles. The van der Waals surface area contributed by atoms with Gasteiger partial charge in [0.25, 0.3) is 5.69 Å². The van der Waals surface area contributed by atoms with Gasteiger partial charge in [-0.05, 0) is 35.7 Å². The van der Waals surface area contributed by atoms with Crippen LogP contribution in [0.5, 0.6) is 0 Å². The Hall–Kier alpha value is -2.60. The first kappa shape index (κ1) is 20.1. The van der Waals surface area contributed by atoms with E-state index >= 15 is 0 Å². The smallest absolute Gasteiger partial charge is 0.269 e.